The lowest BCUT2D eigenvalue weighted by Crippen LogP contribution is -2.57. The van der Waals surface area contributed by atoms with Gasteiger partial charge in [0.2, 0.25) is 5.91 Å². The molecule has 1 saturated heterocycles. The predicted octanol–water partition coefficient (Wildman–Crippen LogP) is 3.44. The van der Waals surface area contributed by atoms with Crippen molar-refractivity contribution in [2.24, 2.45) is 5.92 Å². The molecule has 0 aromatic heterocycles. The summed E-state index contributed by atoms with van der Waals surface area (Å²) < 4.78 is 5.56. The average Bonchev–Trinajstić information content (AvgIpc) is 2.62. The molecule has 2 N–H and O–H groups in total. The summed E-state index contributed by atoms with van der Waals surface area (Å²) in [7, 11) is 0. The molecule has 0 spiro atoms. The summed E-state index contributed by atoms with van der Waals surface area (Å²) in [6.07, 6.45) is 3.64. The largest absolute Gasteiger partial charge is 0.381 e. The predicted molar refractivity (Wildman–Crippen MR) is 97.9 cm³/mol. The van der Waals surface area contributed by atoms with E-state index in [1.54, 1.807) is 0 Å². The van der Waals surface area contributed by atoms with E-state index in [1.807, 2.05) is 6.07 Å². The van der Waals surface area contributed by atoms with Gasteiger partial charge in [0.05, 0.1) is 0 Å². The van der Waals surface area contributed by atoms with Gasteiger partial charge in [0.1, 0.15) is 0 Å². The summed E-state index contributed by atoms with van der Waals surface area (Å²) in [6, 6.07) is 10.7. The Balaban J connectivity index is 2.02. The van der Waals surface area contributed by atoms with Crippen LogP contribution in [0.5, 0.6) is 0 Å². The SMILES string of the molecule is CCC(CC)C(=O)NCC1(N[C@H](C)c2ccccc2)CCOCC1. The number of rotatable bonds is 8. The number of amides is 1. The molecule has 1 fully saturated rings. The van der Waals surface area contributed by atoms with E-state index in [0.717, 1.165) is 38.9 Å². The van der Waals surface area contributed by atoms with E-state index in [9.17, 15) is 4.79 Å². The van der Waals surface area contributed by atoms with Crippen molar-refractivity contribution >= 4 is 5.91 Å². The fraction of sp³-hybridized carbons (Fsp3) is 0.650. The number of hydrogen-bond acceptors (Lipinski definition) is 3. The highest BCUT2D eigenvalue weighted by Crippen LogP contribution is 2.25. The second kappa shape index (κ2) is 9.19. The Morgan fingerprint density at radius 3 is 2.38 bits per heavy atom. The minimum absolute atomic E-state index is 0.0881. The number of carbonyl (C=O) groups excluding carboxylic acids is 1. The normalized spacial score (nSPS) is 18.3. The molecule has 0 unspecified atom stereocenters. The zero-order valence-electron chi connectivity index (χ0n) is 15.3. The van der Waals surface area contributed by atoms with Gasteiger partial charge in [0.15, 0.2) is 0 Å². The Kier molecular flexibility index (Phi) is 7.25. The van der Waals surface area contributed by atoms with Gasteiger partial charge in [0.25, 0.3) is 0 Å². The van der Waals surface area contributed by atoms with Crippen LogP contribution in [0, 0.1) is 5.92 Å². The van der Waals surface area contributed by atoms with E-state index in [1.165, 1.54) is 5.56 Å². The summed E-state index contributed by atoms with van der Waals surface area (Å²) in [6.45, 7) is 8.50. The van der Waals surface area contributed by atoms with Crippen LogP contribution in [-0.2, 0) is 9.53 Å². The molecule has 4 nitrogen and oxygen atoms in total. The van der Waals surface area contributed by atoms with Crippen molar-refractivity contribution in [1.29, 1.82) is 0 Å². The molecule has 4 heteroatoms. The number of ether oxygens (including phenoxy) is 1. The van der Waals surface area contributed by atoms with Crippen LogP contribution in [0.15, 0.2) is 30.3 Å². The topological polar surface area (TPSA) is 50.4 Å². The van der Waals surface area contributed by atoms with Crippen LogP contribution in [0.4, 0.5) is 0 Å². The van der Waals surface area contributed by atoms with E-state index in [-0.39, 0.29) is 23.4 Å². The highest BCUT2D eigenvalue weighted by molar-refractivity contribution is 5.78. The molecule has 1 aromatic rings. The smallest absolute Gasteiger partial charge is 0.223 e. The molecule has 1 aliphatic rings. The molecule has 1 aromatic carbocycles. The summed E-state index contributed by atoms with van der Waals surface area (Å²) in [5, 5.41) is 6.98. The highest BCUT2D eigenvalue weighted by atomic mass is 16.5. The molecule has 0 aliphatic carbocycles. The van der Waals surface area contributed by atoms with Crippen molar-refractivity contribution in [2.75, 3.05) is 19.8 Å². The summed E-state index contributed by atoms with van der Waals surface area (Å²) in [5.41, 5.74) is 1.18. The molecule has 1 atom stereocenters. The second-order valence-corrected chi connectivity index (χ2v) is 6.90. The van der Waals surface area contributed by atoms with Gasteiger partial charge >= 0.3 is 0 Å². The number of hydrogen-bond donors (Lipinski definition) is 2. The van der Waals surface area contributed by atoms with Crippen LogP contribution in [0.1, 0.15) is 58.1 Å². The molecule has 24 heavy (non-hydrogen) atoms. The molecule has 0 saturated carbocycles. The van der Waals surface area contributed by atoms with Gasteiger partial charge in [-0.15, -0.1) is 0 Å². The van der Waals surface area contributed by atoms with E-state index in [0.29, 0.717) is 6.54 Å². The maximum absolute atomic E-state index is 12.4. The first-order valence-electron chi connectivity index (χ1n) is 9.28. The van der Waals surface area contributed by atoms with Crippen molar-refractivity contribution in [2.45, 2.75) is 58.0 Å². The minimum Gasteiger partial charge on any atom is -0.381 e. The van der Waals surface area contributed by atoms with Crippen LogP contribution >= 0.6 is 0 Å². The molecule has 0 bridgehead atoms. The van der Waals surface area contributed by atoms with Gasteiger partial charge < -0.3 is 15.4 Å². The molecule has 1 heterocycles. The maximum atomic E-state index is 12.4. The van der Waals surface area contributed by atoms with Crippen LogP contribution in [0.3, 0.4) is 0 Å². The highest BCUT2D eigenvalue weighted by Gasteiger charge is 2.34. The van der Waals surface area contributed by atoms with Crippen molar-refractivity contribution in [3.8, 4) is 0 Å². The lowest BCUT2D eigenvalue weighted by molar-refractivity contribution is -0.125. The Hall–Kier alpha value is -1.39. The third-order valence-electron chi connectivity index (χ3n) is 5.23. The van der Waals surface area contributed by atoms with Crippen molar-refractivity contribution in [1.82, 2.24) is 10.6 Å². The van der Waals surface area contributed by atoms with E-state index >= 15 is 0 Å². The molecule has 1 aliphatic heterocycles. The zero-order valence-corrected chi connectivity index (χ0v) is 15.3. The lowest BCUT2D eigenvalue weighted by Gasteiger charge is -2.41. The van der Waals surface area contributed by atoms with Crippen LogP contribution in [0.2, 0.25) is 0 Å². The number of nitrogens with one attached hydrogen (secondary N) is 2. The fourth-order valence-electron chi connectivity index (χ4n) is 3.48. The van der Waals surface area contributed by atoms with Crippen molar-refractivity contribution in [3.05, 3.63) is 35.9 Å². The second-order valence-electron chi connectivity index (χ2n) is 6.90. The Morgan fingerprint density at radius 2 is 1.79 bits per heavy atom. The molecule has 0 radical (unpaired) electrons. The summed E-state index contributed by atoms with van der Waals surface area (Å²) >= 11 is 0. The van der Waals surface area contributed by atoms with Crippen LogP contribution < -0.4 is 10.6 Å². The zero-order chi connectivity index (χ0) is 17.4. The third kappa shape index (κ3) is 5.05. The monoisotopic (exact) mass is 332 g/mol. The van der Waals surface area contributed by atoms with Crippen LogP contribution in [0.25, 0.3) is 0 Å². The minimum atomic E-state index is -0.0881. The lowest BCUT2D eigenvalue weighted by atomic mass is 9.87. The van der Waals surface area contributed by atoms with Crippen molar-refractivity contribution in [3.63, 3.8) is 0 Å². The average molecular weight is 332 g/mol. The van der Waals surface area contributed by atoms with Gasteiger partial charge in [-0.2, -0.15) is 0 Å². The summed E-state index contributed by atoms with van der Waals surface area (Å²) in [5.74, 6) is 0.300. The van der Waals surface area contributed by atoms with Gasteiger partial charge in [-0.05, 0) is 38.2 Å². The van der Waals surface area contributed by atoms with Gasteiger partial charge in [0, 0.05) is 37.3 Å². The van der Waals surface area contributed by atoms with Gasteiger partial charge in [-0.1, -0.05) is 44.2 Å². The molecule has 134 valence electrons. The fourth-order valence-corrected chi connectivity index (χ4v) is 3.48. The Morgan fingerprint density at radius 1 is 1.17 bits per heavy atom. The first kappa shape index (κ1) is 18.9. The Bertz CT molecular complexity index is 494. The first-order valence-corrected chi connectivity index (χ1v) is 9.28. The van der Waals surface area contributed by atoms with E-state index < -0.39 is 0 Å². The Labute approximate surface area is 146 Å². The third-order valence-corrected chi connectivity index (χ3v) is 5.23. The first-order chi connectivity index (χ1) is 11.6. The maximum Gasteiger partial charge on any atom is 0.223 e. The van der Waals surface area contributed by atoms with Gasteiger partial charge in [-0.3, -0.25) is 4.79 Å². The standard InChI is InChI=1S/C20H32N2O2/c1-4-17(5-2)19(23)21-15-20(11-13-24-14-12-20)22-16(3)18-9-7-6-8-10-18/h6-10,16-17,22H,4-5,11-15H2,1-3H3,(H,21,23)/t16-/m1/s1. The van der Waals surface area contributed by atoms with E-state index in [4.69, 9.17) is 4.74 Å². The molecule has 2 rings (SSSR count). The molecular formula is C20H32N2O2. The van der Waals surface area contributed by atoms with Crippen molar-refractivity contribution < 1.29 is 9.53 Å². The molecule has 1 amide bonds. The number of benzene rings is 1. The quantitative estimate of drug-likeness (QED) is 0.767. The molecular weight excluding hydrogens is 300 g/mol. The van der Waals surface area contributed by atoms with Gasteiger partial charge in [-0.25, -0.2) is 0 Å². The number of carbonyl (C=O) groups is 1. The van der Waals surface area contributed by atoms with Crippen LogP contribution in [-0.4, -0.2) is 31.2 Å². The summed E-state index contributed by atoms with van der Waals surface area (Å²) in [4.78, 5) is 12.4. The van der Waals surface area contributed by atoms with E-state index in [2.05, 4.69) is 55.7 Å².